The molecule has 11 nitrogen and oxygen atoms in total. The fourth-order valence-corrected chi connectivity index (χ4v) is 4.32. The number of fused-ring (bicyclic) bond motifs is 4. The molecule has 0 saturated carbocycles. The third kappa shape index (κ3) is 8.40. The van der Waals surface area contributed by atoms with E-state index in [1.807, 2.05) is 0 Å². The Hall–Kier alpha value is -2.80. The first kappa shape index (κ1) is 35.4. The zero-order valence-corrected chi connectivity index (χ0v) is 16.2. The minimum absolute atomic E-state index is 0. The monoisotopic (exact) mass is 617 g/mol. The third-order valence-electron chi connectivity index (χ3n) is 5.86. The Morgan fingerprint density at radius 2 is 1.33 bits per heavy atom. The maximum absolute atomic E-state index is 7.62. The summed E-state index contributed by atoms with van der Waals surface area (Å²) in [5.74, 6) is -0.0419. The van der Waals surface area contributed by atoms with Gasteiger partial charge in [0.1, 0.15) is 53.9 Å². The molecular formula is C31H62O11. The third-order valence-corrected chi connectivity index (χ3v) is 5.86. The van der Waals surface area contributed by atoms with Crippen LogP contribution in [-0.2, 0) is 14.2 Å². The van der Waals surface area contributed by atoms with E-state index in [9.17, 15) is 0 Å². The van der Waals surface area contributed by atoms with Crippen LogP contribution < -0.4 is 4.74 Å². The van der Waals surface area contributed by atoms with Gasteiger partial charge in [-0.2, -0.15) is 0 Å². The van der Waals surface area contributed by atoms with Crippen molar-refractivity contribution >= 4 is 0 Å². The van der Waals surface area contributed by atoms with Crippen molar-refractivity contribution in [1.82, 2.24) is 0 Å². The molecule has 0 aliphatic carbocycles. The Labute approximate surface area is 265 Å². The normalized spacial score (nSPS) is 29.2. The lowest BCUT2D eigenvalue weighted by Gasteiger charge is -2.51. The molecule has 11 heteroatoms. The molecule has 0 aromatic heterocycles. The maximum atomic E-state index is 7.62. The highest BCUT2D eigenvalue weighted by Crippen LogP contribution is 2.53. The zero-order valence-electron chi connectivity index (χ0n) is 23.2. The Bertz CT molecular complexity index is 1170. The van der Waals surface area contributed by atoms with Gasteiger partial charge in [0, 0.05) is 12.1 Å². The Kier molecular flexibility index (Phi) is 16.4. The Morgan fingerprint density at radius 1 is 0.643 bits per heavy atom. The average Bonchev–Trinajstić information content (AvgIpc) is 2.98. The van der Waals surface area contributed by atoms with Crippen LogP contribution >= 0.6 is 0 Å². The SMILES string of the molecule is C.C.C.C.C.C.C.C.C.C.[2H]OCC1OC2O[C@@H]3[C@@H](c4ccc(O[2H])c(O[2H])c4)Oc4cc(O[2H])cc(O[2H])c4[C@@H]3OC2C(O[2H])C1O[2H]. The van der Waals surface area contributed by atoms with E-state index in [1.54, 1.807) is 6.07 Å². The van der Waals surface area contributed by atoms with Gasteiger partial charge in [-0.1, -0.05) is 80.3 Å². The summed E-state index contributed by atoms with van der Waals surface area (Å²) in [5.41, 5.74) is 0.645. The molecule has 252 valence electrons. The molecule has 7 N–H and O–H groups in total. The van der Waals surface area contributed by atoms with Gasteiger partial charge < -0.3 is 54.7 Å². The number of benzene rings is 2. The topological polar surface area (TPSA) is 179 Å². The summed E-state index contributed by atoms with van der Waals surface area (Å²) in [5, 5.41) is 32.5. The average molecular weight is 618 g/mol. The summed E-state index contributed by atoms with van der Waals surface area (Å²) >= 11 is 0. The number of aliphatic hydroxyl groups is 3. The van der Waals surface area contributed by atoms with Crippen LogP contribution in [0.4, 0.5) is 0 Å². The molecule has 42 heavy (non-hydrogen) atoms. The first-order chi connectivity index (χ1) is 19.0. The fourth-order valence-electron chi connectivity index (χ4n) is 4.32. The van der Waals surface area contributed by atoms with Crippen LogP contribution in [0.25, 0.3) is 0 Å². The second-order valence-corrected chi connectivity index (χ2v) is 7.84. The second kappa shape index (κ2) is 19.4. The summed E-state index contributed by atoms with van der Waals surface area (Å²) in [6.07, 6.45) is -8.74. The quantitative estimate of drug-likeness (QED) is 0.158. The van der Waals surface area contributed by atoms with E-state index in [0.29, 0.717) is 5.56 Å². The number of aromatic hydroxyl groups is 4. The molecule has 3 heterocycles. The number of phenols is 4. The zero-order chi connectivity index (χ0) is 27.7. The first-order valence-corrected chi connectivity index (χ1v) is 9.81. The predicted molar refractivity (Wildman–Crippen MR) is 170 cm³/mol. The van der Waals surface area contributed by atoms with Crippen molar-refractivity contribution < 1.29 is 54.7 Å². The largest absolute Gasteiger partial charge is 0.508 e. The Balaban J connectivity index is -0.000000462. The van der Waals surface area contributed by atoms with Crippen LogP contribution in [0.15, 0.2) is 30.3 Å². The number of ether oxygens (including phenoxy) is 4. The second-order valence-electron chi connectivity index (χ2n) is 7.84. The molecule has 2 saturated heterocycles. The van der Waals surface area contributed by atoms with Crippen LogP contribution in [0.3, 0.4) is 0 Å². The summed E-state index contributed by atoms with van der Waals surface area (Å²) in [7, 11) is 0. The lowest BCUT2D eigenvalue weighted by atomic mass is 9.88. The van der Waals surface area contributed by atoms with Crippen molar-refractivity contribution in [3.8, 4) is 28.7 Å². The van der Waals surface area contributed by atoms with Crippen molar-refractivity contribution in [1.29, 1.82) is 10.0 Å². The smallest absolute Gasteiger partial charge is 0.293 e. The van der Waals surface area contributed by atoms with Gasteiger partial charge in [0.15, 0.2) is 23.9 Å². The maximum Gasteiger partial charge on any atom is 0.293 e. The molecule has 0 amide bonds. The van der Waals surface area contributed by atoms with Crippen molar-refractivity contribution in [3.63, 3.8) is 0 Å². The van der Waals surface area contributed by atoms with Gasteiger partial charge in [0.05, 0.1) is 12.2 Å². The standard InChI is InChI=1S/C21H22O11.10CH4/c22-6-13-15(27)16(28)19-21(30-13)32-20-17(7-1-2-9(24)10(25)3-7)29-12-5-8(23)4-11(26)14(12)18(20)31-19;;;;;;;;;;/h1-5,13,15-28H,6H2;10*1H4/t13?,15?,16?,17-,18+,19?,20-,21?;;;;;;;;;;/m1........../s1/i22D,27D,28D;;;;;;;;;;/hD4. The summed E-state index contributed by atoms with van der Waals surface area (Å²) in [6.45, 7) is -0.321. The van der Waals surface area contributed by atoms with Crippen LogP contribution in [-0.4, -0.2) is 89.2 Å². The van der Waals surface area contributed by atoms with Crippen molar-refractivity contribution in [2.45, 2.75) is 123 Å². The predicted octanol–water partition coefficient (Wildman–Crippen LogP) is 6.27. The number of phenolic OH excluding ortho intramolecular Hbond substituents is 4. The van der Waals surface area contributed by atoms with Gasteiger partial charge in [0.2, 0.25) is 4.29 Å². The van der Waals surface area contributed by atoms with Crippen molar-refractivity contribution in [2.24, 2.45) is 0 Å². The molecular weight excluding hydrogens is 548 g/mol. The number of aliphatic hydroxyl groups excluding tert-OH is 3. The highest BCUT2D eigenvalue weighted by Gasteiger charge is 2.56. The van der Waals surface area contributed by atoms with E-state index >= 15 is 0 Å². The molecule has 8 atom stereocenters. The molecule has 2 aromatic rings. The number of hydrogen-bond donors (Lipinski definition) is 7. The molecule has 3 aliphatic heterocycles. The van der Waals surface area contributed by atoms with E-state index in [-0.39, 0.29) is 115 Å². The van der Waals surface area contributed by atoms with E-state index in [4.69, 9.17) is 44.3 Å². The van der Waals surface area contributed by atoms with E-state index in [2.05, 4.69) is 20.4 Å². The van der Waals surface area contributed by atoms with Gasteiger partial charge in [0.25, 0.3) is 5.72 Å². The first-order valence-electron chi connectivity index (χ1n) is 12.7. The molecule has 2 fully saturated rings. The van der Waals surface area contributed by atoms with Gasteiger partial charge in [-0.25, -0.2) is 0 Å². The lowest BCUT2D eigenvalue weighted by molar-refractivity contribution is -0.379. The molecule has 2 aromatic carbocycles. The number of hydrogen-bond acceptors (Lipinski definition) is 11. The fraction of sp³-hybridized carbons (Fsp3) is 0.613. The molecule has 0 bridgehead atoms. The summed E-state index contributed by atoms with van der Waals surface area (Å²) < 4.78 is 76.3. The number of rotatable bonds is 9. The highest BCUT2D eigenvalue weighted by molar-refractivity contribution is 5.53. The van der Waals surface area contributed by atoms with Gasteiger partial charge in [-0.15, -0.1) is 0 Å². The van der Waals surface area contributed by atoms with Crippen LogP contribution in [0, 0.1) is 0 Å². The van der Waals surface area contributed by atoms with Gasteiger partial charge >= 0.3 is 0 Å². The molecule has 0 radical (unpaired) electrons. The van der Waals surface area contributed by atoms with Gasteiger partial charge in [-0.3, -0.25) is 0 Å². The van der Waals surface area contributed by atoms with Crippen LogP contribution in [0.5, 0.6) is 28.7 Å². The molecule has 5 rings (SSSR count). The van der Waals surface area contributed by atoms with Crippen molar-refractivity contribution in [2.75, 3.05) is 6.61 Å². The molecule has 5 unspecified atom stereocenters. The summed E-state index contributed by atoms with van der Waals surface area (Å²) in [6, 6.07) is 7.03. The Morgan fingerprint density at radius 3 is 1.93 bits per heavy atom. The van der Waals surface area contributed by atoms with E-state index < -0.39 is 49.0 Å². The lowest BCUT2D eigenvalue weighted by Crippen LogP contribution is -2.64. The minimum atomic E-state index is -1.21. The molecule has 3 aliphatic rings. The van der Waals surface area contributed by atoms with Gasteiger partial charge in [-0.05, 0) is 17.7 Å². The summed E-state index contributed by atoms with van der Waals surface area (Å²) in [4.78, 5) is 0. The van der Waals surface area contributed by atoms with E-state index in [1.165, 1.54) is 24.3 Å². The highest BCUT2D eigenvalue weighted by atomic mass is 16.7. The minimum Gasteiger partial charge on any atom is -0.508 e. The van der Waals surface area contributed by atoms with Crippen LogP contribution in [0.2, 0.25) is 0 Å². The van der Waals surface area contributed by atoms with Crippen LogP contribution in [0.1, 0.15) is 97.6 Å². The van der Waals surface area contributed by atoms with E-state index in [0.717, 1.165) is 0 Å². The molecule has 0 spiro atoms. The van der Waals surface area contributed by atoms with Crippen molar-refractivity contribution in [3.05, 3.63) is 41.5 Å².